The van der Waals surface area contributed by atoms with Crippen LogP contribution in [0.3, 0.4) is 0 Å². The summed E-state index contributed by atoms with van der Waals surface area (Å²) in [6.45, 7) is 3.98. The number of benzene rings is 1. The van der Waals surface area contributed by atoms with Gasteiger partial charge in [0, 0.05) is 5.56 Å². The number of nitrogens with zero attached hydrogens (tertiary/aromatic N) is 2. The van der Waals surface area contributed by atoms with Crippen LogP contribution in [0.25, 0.3) is 0 Å². The monoisotopic (exact) mass is 216 g/mol. The third kappa shape index (κ3) is 2.08. The molecule has 0 unspecified atom stereocenters. The molecule has 0 aliphatic heterocycles. The van der Waals surface area contributed by atoms with Crippen LogP contribution in [0.1, 0.15) is 21.5 Å². The number of hydrogen-bond acceptors (Lipinski definition) is 3. The standard InChI is InChI=1S/C11H12N4O/c1-7-3-4-9(5-8(7)2)10(16)14-11-12-6-13-15-11/h3-6H,1-2H3,(H2,12,13,14,15,16). The molecule has 2 aromatic rings. The van der Waals surface area contributed by atoms with Gasteiger partial charge in [-0.05, 0) is 37.1 Å². The minimum Gasteiger partial charge on any atom is -0.291 e. The van der Waals surface area contributed by atoms with Gasteiger partial charge in [-0.3, -0.25) is 10.1 Å². The number of nitrogens with one attached hydrogen (secondary N) is 2. The van der Waals surface area contributed by atoms with Crippen LogP contribution in [0.15, 0.2) is 24.5 Å². The second kappa shape index (κ2) is 4.14. The Morgan fingerprint density at radius 1 is 1.31 bits per heavy atom. The van der Waals surface area contributed by atoms with Crippen LogP contribution < -0.4 is 5.32 Å². The van der Waals surface area contributed by atoms with Crippen molar-refractivity contribution in [1.82, 2.24) is 15.2 Å². The highest BCUT2D eigenvalue weighted by Crippen LogP contribution is 2.10. The molecule has 2 rings (SSSR count). The lowest BCUT2D eigenvalue weighted by molar-refractivity contribution is 0.102. The zero-order valence-corrected chi connectivity index (χ0v) is 9.11. The Balaban J connectivity index is 2.18. The molecule has 0 spiro atoms. The summed E-state index contributed by atoms with van der Waals surface area (Å²) >= 11 is 0. The predicted octanol–water partition coefficient (Wildman–Crippen LogP) is 1.67. The molecule has 1 amide bonds. The Kier molecular flexibility index (Phi) is 2.68. The van der Waals surface area contributed by atoms with Crippen molar-refractivity contribution < 1.29 is 4.79 Å². The molecular formula is C11H12N4O. The van der Waals surface area contributed by atoms with Gasteiger partial charge in [-0.2, -0.15) is 10.1 Å². The number of aromatic amines is 1. The van der Waals surface area contributed by atoms with E-state index in [2.05, 4.69) is 20.5 Å². The minimum absolute atomic E-state index is 0.195. The maximum atomic E-state index is 11.8. The minimum atomic E-state index is -0.195. The van der Waals surface area contributed by atoms with E-state index in [1.165, 1.54) is 6.33 Å². The number of H-pyrrole nitrogens is 1. The number of hydrogen-bond donors (Lipinski definition) is 2. The SMILES string of the molecule is Cc1ccc(C(=O)Nc2ncn[nH]2)cc1C. The van der Waals surface area contributed by atoms with Crippen LogP contribution in [-0.4, -0.2) is 21.1 Å². The fourth-order valence-electron chi connectivity index (χ4n) is 1.33. The first kappa shape index (κ1) is 10.4. The van der Waals surface area contributed by atoms with Gasteiger partial charge in [-0.15, -0.1) is 0 Å². The maximum Gasteiger partial charge on any atom is 0.258 e. The molecule has 1 heterocycles. The van der Waals surface area contributed by atoms with E-state index >= 15 is 0 Å². The van der Waals surface area contributed by atoms with Crippen molar-refractivity contribution in [2.45, 2.75) is 13.8 Å². The summed E-state index contributed by atoms with van der Waals surface area (Å²) < 4.78 is 0. The molecule has 0 saturated heterocycles. The van der Waals surface area contributed by atoms with E-state index in [0.29, 0.717) is 11.5 Å². The molecule has 16 heavy (non-hydrogen) atoms. The number of aryl methyl sites for hydroxylation is 2. The van der Waals surface area contributed by atoms with Gasteiger partial charge in [0.2, 0.25) is 5.95 Å². The van der Waals surface area contributed by atoms with Crippen LogP contribution in [0.2, 0.25) is 0 Å². The second-order valence-corrected chi connectivity index (χ2v) is 3.59. The highest BCUT2D eigenvalue weighted by atomic mass is 16.1. The van der Waals surface area contributed by atoms with Crippen LogP contribution in [0.5, 0.6) is 0 Å². The smallest absolute Gasteiger partial charge is 0.258 e. The molecule has 0 atom stereocenters. The number of aromatic nitrogens is 3. The molecule has 0 aliphatic carbocycles. The lowest BCUT2D eigenvalue weighted by Crippen LogP contribution is -2.13. The van der Waals surface area contributed by atoms with E-state index in [-0.39, 0.29) is 5.91 Å². The summed E-state index contributed by atoms with van der Waals surface area (Å²) in [7, 11) is 0. The molecule has 0 bridgehead atoms. The highest BCUT2D eigenvalue weighted by molar-refractivity contribution is 6.03. The molecule has 5 heteroatoms. The van der Waals surface area contributed by atoms with Gasteiger partial charge in [0.05, 0.1) is 0 Å². The van der Waals surface area contributed by atoms with E-state index in [1.807, 2.05) is 26.0 Å². The van der Waals surface area contributed by atoms with Gasteiger partial charge in [0.15, 0.2) is 0 Å². The third-order valence-corrected chi connectivity index (χ3v) is 2.42. The molecule has 0 aliphatic rings. The quantitative estimate of drug-likeness (QED) is 0.802. The Labute approximate surface area is 92.9 Å². The van der Waals surface area contributed by atoms with Gasteiger partial charge in [-0.1, -0.05) is 6.07 Å². The number of carbonyl (C=O) groups excluding carboxylic acids is 1. The van der Waals surface area contributed by atoms with Crippen molar-refractivity contribution >= 4 is 11.9 Å². The third-order valence-electron chi connectivity index (χ3n) is 2.42. The number of carbonyl (C=O) groups is 1. The van der Waals surface area contributed by atoms with Crippen LogP contribution in [0, 0.1) is 13.8 Å². The van der Waals surface area contributed by atoms with Gasteiger partial charge in [-0.25, -0.2) is 5.10 Å². The highest BCUT2D eigenvalue weighted by Gasteiger charge is 2.07. The molecular weight excluding hydrogens is 204 g/mol. The van der Waals surface area contributed by atoms with E-state index in [1.54, 1.807) is 6.07 Å². The molecule has 5 nitrogen and oxygen atoms in total. The first-order valence-electron chi connectivity index (χ1n) is 4.91. The zero-order valence-electron chi connectivity index (χ0n) is 9.11. The molecule has 1 aromatic heterocycles. The average Bonchev–Trinajstić information content (AvgIpc) is 2.74. The molecule has 2 N–H and O–H groups in total. The maximum absolute atomic E-state index is 11.8. The Morgan fingerprint density at radius 3 is 2.75 bits per heavy atom. The van der Waals surface area contributed by atoms with Gasteiger partial charge in [0.25, 0.3) is 5.91 Å². The van der Waals surface area contributed by atoms with E-state index in [9.17, 15) is 4.79 Å². The van der Waals surface area contributed by atoms with Crippen LogP contribution in [-0.2, 0) is 0 Å². The molecule has 0 radical (unpaired) electrons. The van der Waals surface area contributed by atoms with E-state index < -0.39 is 0 Å². The number of amides is 1. The zero-order chi connectivity index (χ0) is 11.5. The summed E-state index contributed by atoms with van der Waals surface area (Å²) in [5.41, 5.74) is 2.86. The summed E-state index contributed by atoms with van der Waals surface area (Å²) in [6, 6.07) is 5.56. The van der Waals surface area contributed by atoms with Crippen LogP contribution in [0.4, 0.5) is 5.95 Å². The summed E-state index contributed by atoms with van der Waals surface area (Å²) in [5.74, 6) is 0.156. The van der Waals surface area contributed by atoms with Crippen LogP contribution >= 0.6 is 0 Å². The first-order chi connectivity index (χ1) is 7.66. The molecule has 82 valence electrons. The molecule has 0 saturated carbocycles. The fourth-order valence-corrected chi connectivity index (χ4v) is 1.33. The molecule has 0 fully saturated rings. The van der Waals surface area contributed by atoms with Gasteiger partial charge in [0.1, 0.15) is 6.33 Å². The second-order valence-electron chi connectivity index (χ2n) is 3.59. The topological polar surface area (TPSA) is 70.7 Å². The van der Waals surface area contributed by atoms with Crippen molar-refractivity contribution in [3.63, 3.8) is 0 Å². The first-order valence-corrected chi connectivity index (χ1v) is 4.91. The summed E-state index contributed by atoms with van der Waals surface area (Å²) in [4.78, 5) is 15.6. The van der Waals surface area contributed by atoms with Crippen molar-refractivity contribution in [2.75, 3.05) is 5.32 Å². The normalized spacial score (nSPS) is 10.1. The largest absolute Gasteiger partial charge is 0.291 e. The predicted molar refractivity (Wildman–Crippen MR) is 60.3 cm³/mol. The Hall–Kier alpha value is -2.17. The summed E-state index contributed by atoms with van der Waals surface area (Å²) in [6.07, 6.45) is 1.34. The van der Waals surface area contributed by atoms with Gasteiger partial charge < -0.3 is 0 Å². The number of anilines is 1. The Bertz CT molecular complexity index is 505. The summed E-state index contributed by atoms with van der Waals surface area (Å²) in [5, 5.41) is 8.84. The van der Waals surface area contributed by atoms with Crippen molar-refractivity contribution in [1.29, 1.82) is 0 Å². The lowest BCUT2D eigenvalue weighted by atomic mass is 10.1. The lowest BCUT2D eigenvalue weighted by Gasteiger charge is -2.04. The Morgan fingerprint density at radius 2 is 2.12 bits per heavy atom. The van der Waals surface area contributed by atoms with Crippen molar-refractivity contribution in [2.24, 2.45) is 0 Å². The number of rotatable bonds is 2. The van der Waals surface area contributed by atoms with E-state index in [0.717, 1.165) is 11.1 Å². The van der Waals surface area contributed by atoms with Gasteiger partial charge >= 0.3 is 0 Å². The fraction of sp³-hybridized carbons (Fsp3) is 0.182. The average molecular weight is 216 g/mol. The van der Waals surface area contributed by atoms with Crippen molar-refractivity contribution in [3.05, 3.63) is 41.2 Å². The van der Waals surface area contributed by atoms with Crippen molar-refractivity contribution in [3.8, 4) is 0 Å². The van der Waals surface area contributed by atoms with E-state index in [4.69, 9.17) is 0 Å². The molecule has 1 aromatic carbocycles.